The molecule has 0 unspecified atom stereocenters. The first-order chi connectivity index (χ1) is 12.3. The third-order valence-electron chi connectivity index (χ3n) is 3.59. The standard InChI is InChI=1S/C18H18ClNO5S/c1-2-26(23,24)16-10-6-4-8-14(16)18(22)25-12-17(21)20-11-13-7-3-5-9-15(13)19/h3-10H,2,11-12H2,1H3,(H,20,21). The molecule has 0 aromatic heterocycles. The number of nitrogens with one attached hydrogen (secondary N) is 1. The average Bonchev–Trinajstić information content (AvgIpc) is 2.65. The van der Waals surface area contributed by atoms with Gasteiger partial charge in [-0.15, -0.1) is 0 Å². The zero-order chi connectivity index (χ0) is 19.2. The van der Waals surface area contributed by atoms with E-state index in [4.69, 9.17) is 16.3 Å². The van der Waals surface area contributed by atoms with Gasteiger partial charge in [-0.05, 0) is 23.8 Å². The van der Waals surface area contributed by atoms with E-state index in [0.717, 1.165) is 5.56 Å². The lowest BCUT2D eigenvalue weighted by Gasteiger charge is -2.10. The fraction of sp³-hybridized carbons (Fsp3) is 0.222. The van der Waals surface area contributed by atoms with E-state index in [0.29, 0.717) is 5.02 Å². The molecule has 1 N–H and O–H groups in total. The molecule has 8 heteroatoms. The largest absolute Gasteiger partial charge is 0.452 e. The van der Waals surface area contributed by atoms with E-state index in [-0.39, 0.29) is 22.8 Å². The number of benzene rings is 2. The van der Waals surface area contributed by atoms with Gasteiger partial charge in [-0.25, -0.2) is 13.2 Å². The van der Waals surface area contributed by atoms with E-state index in [1.165, 1.54) is 31.2 Å². The number of hydrogen-bond donors (Lipinski definition) is 1. The van der Waals surface area contributed by atoms with Crippen molar-refractivity contribution in [3.63, 3.8) is 0 Å². The van der Waals surface area contributed by atoms with Crippen LogP contribution >= 0.6 is 11.6 Å². The van der Waals surface area contributed by atoms with Gasteiger partial charge in [0.25, 0.3) is 5.91 Å². The molecule has 0 heterocycles. The third-order valence-corrected chi connectivity index (χ3v) is 5.75. The van der Waals surface area contributed by atoms with Crippen molar-refractivity contribution < 1.29 is 22.7 Å². The lowest BCUT2D eigenvalue weighted by Crippen LogP contribution is -2.28. The number of ether oxygens (including phenoxy) is 1. The van der Waals surface area contributed by atoms with Gasteiger partial charge in [-0.1, -0.05) is 48.9 Å². The maximum Gasteiger partial charge on any atom is 0.339 e. The smallest absolute Gasteiger partial charge is 0.339 e. The fourth-order valence-corrected chi connectivity index (χ4v) is 3.44. The predicted octanol–water partition coefficient (Wildman–Crippen LogP) is 2.61. The highest BCUT2D eigenvalue weighted by Crippen LogP contribution is 2.18. The zero-order valence-electron chi connectivity index (χ0n) is 14.1. The predicted molar refractivity (Wildman–Crippen MR) is 97.8 cm³/mol. The number of sulfone groups is 1. The first kappa shape index (κ1) is 19.9. The van der Waals surface area contributed by atoms with Crippen LogP contribution in [0.1, 0.15) is 22.8 Å². The molecule has 2 aromatic carbocycles. The van der Waals surface area contributed by atoms with Crippen LogP contribution in [0.4, 0.5) is 0 Å². The number of amides is 1. The normalized spacial score (nSPS) is 11.0. The van der Waals surface area contributed by atoms with Crippen LogP contribution < -0.4 is 5.32 Å². The van der Waals surface area contributed by atoms with E-state index < -0.39 is 28.3 Å². The van der Waals surface area contributed by atoms with E-state index in [9.17, 15) is 18.0 Å². The molecule has 0 bridgehead atoms. The van der Waals surface area contributed by atoms with E-state index >= 15 is 0 Å². The van der Waals surface area contributed by atoms with Gasteiger partial charge in [0.1, 0.15) is 0 Å². The summed E-state index contributed by atoms with van der Waals surface area (Å²) in [7, 11) is -3.58. The number of halogens is 1. The Kier molecular flexibility index (Phi) is 6.76. The number of carbonyl (C=O) groups excluding carboxylic acids is 2. The van der Waals surface area contributed by atoms with Crippen molar-refractivity contribution in [3.8, 4) is 0 Å². The summed E-state index contributed by atoms with van der Waals surface area (Å²) in [6.07, 6.45) is 0. The summed E-state index contributed by atoms with van der Waals surface area (Å²) in [5.74, 6) is -1.53. The summed E-state index contributed by atoms with van der Waals surface area (Å²) < 4.78 is 29.1. The van der Waals surface area contributed by atoms with Gasteiger partial charge in [0.15, 0.2) is 16.4 Å². The summed E-state index contributed by atoms with van der Waals surface area (Å²) in [6, 6.07) is 12.8. The molecule has 0 aliphatic heterocycles. The van der Waals surface area contributed by atoms with Crippen molar-refractivity contribution in [2.75, 3.05) is 12.4 Å². The highest BCUT2D eigenvalue weighted by atomic mass is 35.5. The molecule has 0 fully saturated rings. The third kappa shape index (κ3) is 5.06. The molecule has 0 saturated heterocycles. The van der Waals surface area contributed by atoms with Crippen LogP contribution in [0.15, 0.2) is 53.4 Å². The number of carbonyl (C=O) groups is 2. The second kappa shape index (κ2) is 8.82. The minimum atomic E-state index is -3.58. The van der Waals surface area contributed by atoms with Crippen LogP contribution in [-0.4, -0.2) is 32.7 Å². The SMILES string of the molecule is CCS(=O)(=O)c1ccccc1C(=O)OCC(=O)NCc1ccccc1Cl. The molecule has 0 spiro atoms. The summed E-state index contributed by atoms with van der Waals surface area (Å²) in [5, 5.41) is 3.10. The second-order valence-electron chi connectivity index (χ2n) is 5.34. The van der Waals surface area contributed by atoms with Gasteiger partial charge >= 0.3 is 5.97 Å². The maximum atomic E-state index is 12.2. The van der Waals surface area contributed by atoms with Crippen LogP contribution in [0.25, 0.3) is 0 Å². The lowest BCUT2D eigenvalue weighted by molar-refractivity contribution is -0.124. The molecular formula is C18H18ClNO5S. The Morgan fingerprint density at radius 3 is 2.42 bits per heavy atom. The Balaban J connectivity index is 1.97. The first-order valence-electron chi connectivity index (χ1n) is 7.84. The van der Waals surface area contributed by atoms with Gasteiger partial charge in [-0.2, -0.15) is 0 Å². The van der Waals surface area contributed by atoms with E-state index in [1.54, 1.807) is 24.3 Å². The van der Waals surface area contributed by atoms with Gasteiger partial charge in [0.05, 0.1) is 16.2 Å². The number of esters is 1. The molecule has 6 nitrogen and oxygen atoms in total. The molecular weight excluding hydrogens is 378 g/mol. The molecule has 0 saturated carbocycles. The first-order valence-corrected chi connectivity index (χ1v) is 9.87. The Morgan fingerprint density at radius 1 is 1.08 bits per heavy atom. The van der Waals surface area contributed by atoms with Crippen LogP contribution in [0.2, 0.25) is 5.02 Å². The Morgan fingerprint density at radius 2 is 1.73 bits per heavy atom. The van der Waals surface area contributed by atoms with Gasteiger partial charge in [-0.3, -0.25) is 4.79 Å². The van der Waals surface area contributed by atoms with Crippen molar-refractivity contribution in [3.05, 3.63) is 64.7 Å². The van der Waals surface area contributed by atoms with Crippen molar-refractivity contribution >= 4 is 33.3 Å². The molecule has 2 rings (SSSR count). The summed E-state index contributed by atoms with van der Waals surface area (Å²) in [6.45, 7) is 1.15. The molecule has 0 aliphatic rings. The van der Waals surface area contributed by atoms with Gasteiger partial charge in [0, 0.05) is 11.6 Å². The molecule has 2 aromatic rings. The van der Waals surface area contributed by atoms with Crippen LogP contribution in [0, 0.1) is 0 Å². The molecule has 0 radical (unpaired) electrons. The number of hydrogen-bond acceptors (Lipinski definition) is 5. The Labute approximate surface area is 157 Å². The Bertz CT molecular complexity index is 911. The monoisotopic (exact) mass is 395 g/mol. The minimum absolute atomic E-state index is 0.0896. The molecule has 0 atom stereocenters. The van der Waals surface area contributed by atoms with E-state index in [2.05, 4.69) is 5.32 Å². The minimum Gasteiger partial charge on any atom is -0.452 e. The summed E-state index contributed by atoms with van der Waals surface area (Å²) in [5.41, 5.74) is 0.640. The van der Waals surface area contributed by atoms with Crippen molar-refractivity contribution in [1.82, 2.24) is 5.32 Å². The van der Waals surface area contributed by atoms with Crippen LogP contribution in [0.5, 0.6) is 0 Å². The van der Waals surface area contributed by atoms with Crippen molar-refractivity contribution in [2.45, 2.75) is 18.4 Å². The lowest BCUT2D eigenvalue weighted by atomic mass is 10.2. The van der Waals surface area contributed by atoms with Crippen LogP contribution in [-0.2, 0) is 25.9 Å². The van der Waals surface area contributed by atoms with Crippen molar-refractivity contribution in [2.24, 2.45) is 0 Å². The van der Waals surface area contributed by atoms with E-state index in [1.807, 2.05) is 0 Å². The highest BCUT2D eigenvalue weighted by molar-refractivity contribution is 7.91. The Hall–Kier alpha value is -2.38. The fourth-order valence-electron chi connectivity index (χ4n) is 2.16. The molecule has 138 valence electrons. The summed E-state index contributed by atoms with van der Waals surface area (Å²) in [4.78, 5) is 23.9. The molecule has 0 aliphatic carbocycles. The second-order valence-corrected chi connectivity index (χ2v) is 8.00. The maximum absolute atomic E-state index is 12.2. The zero-order valence-corrected chi connectivity index (χ0v) is 15.6. The van der Waals surface area contributed by atoms with Crippen molar-refractivity contribution in [1.29, 1.82) is 0 Å². The molecule has 26 heavy (non-hydrogen) atoms. The van der Waals surface area contributed by atoms with Gasteiger partial charge in [0.2, 0.25) is 0 Å². The molecule has 1 amide bonds. The number of rotatable bonds is 7. The average molecular weight is 396 g/mol. The van der Waals surface area contributed by atoms with Crippen LogP contribution in [0.3, 0.4) is 0 Å². The van der Waals surface area contributed by atoms with Gasteiger partial charge < -0.3 is 10.1 Å². The highest BCUT2D eigenvalue weighted by Gasteiger charge is 2.22. The summed E-state index contributed by atoms with van der Waals surface area (Å²) >= 11 is 6.00. The topological polar surface area (TPSA) is 89.5 Å². The quantitative estimate of drug-likeness (QED) is 0.728.